The van der Waals surface area contributed by atoms with Crippen LogP contribution in [0.15, 0.2) is 18.2 Å². The summed E-state index contributed by atoms with van der Waals surface area (Å²) < 4.78 is 17.4. The van der Waals surface area contributed by atoms with Gasteiger partial charge in [0.15, 0.2) is 9.04 Å². The molecule has 0 saturated heterocycles. The number of unbranched alkanes of at least 4 members (excludes halogenated alkanes) is 6. The number of esters is 1. The Labute approximate surface area is 180 Å². The third-order valence-corrected chi connectivity index (χ3v) is 5.72. The number of methoxy groups -OCH3 is 1. The molecule has 1 aromatic carbocycles. The summed E-state index contributed by atoms with van der Waals surface area (Å²) in [7, 11) is 0.279. The summed E-state index contributed by atoms with van der Waals surface area (Å²) >= 11 is 0. The Balaban J connectivity index is 2.71. The molecule has 0 aliphatic rings. The van der Waals surface area contributed by atoms with Gasteiger partial charge in [0.1, 0.15) is 5.75 Å². The number of carbonyl (C=O) groups excluding carboxylic acids is 1. The summed E-state index contributed by atoms with van der Waals surface area (Å²) in [6, 6.07) is 5.99. The lowest BCUT2D eigenvalue weighted by Gasteiger charge is -2.25. The molecular weight excluding hydrogens is 380 g/mol. The van der Waals surface area contributed by atoms with E-state index in [0.29, 0.717) is 6.42 Å². The highest BCUT2D eigenvalue weighted by Gasteiger charge is 2.24. The van der Waals surface area contributed by atoms with Crippen molar-refractivity contribution in [3.8, 4) is 5.75 Å². The second-order valence-electron chi connectivity index (χ2n) is 9.09. The van der Waals surface area contributed by atoms with Crippen LogP contribution in [0.5, 0.6) is 5.75 Å². The lowest BCUT2D eigenvalue weighted by molar-refractivity contribution is -0.165. The van der Waals surface area contributed by atoms with Gasteiger partial charge in [0.25, 0.3) is 0 Å². The van der Waals surface area contributed by atoms with Gasteiger partial charge in [0.2, 0.25) is 6.29 Å². The summed E-state index contributed by atoms with van der Waals surface area (Å²) in [5, 5.41) is 0. The van der Waals surface area contributed by atoms with E-state index in [4.69, 9.17) is 13.9 Å². The first-order valence-electron chi connectivity index (χ1n) is 11.2. The smallest absolute Gasteiger partial charge is 0.308 e. The Morgan fingerprint density at radius 1 is 1.03 bits per heavy atom. The molecule has 0 aliphatic heterocycles. The van der Waals surface area contributed by atoms with Crippen LogP contribution in [-0.2, 0) is 19.4 Å². The summed E-state index contributed by atoms with van der Waals surface area (Å²) in [6.07, 6.45) is 8.06. The van der Waals surface area contributed by atoms with E-state index in [1.54, 1.807) is 7.11 Å². The number of rotatable bonds is 13. The van der Waals surface area contributed by atoms with Crippen molar-refractivity contribution in [2.24, 2.45) is 0 Å². The van der Waals surface area contributed by atoms with Gasteiger partial charge in [-0.15, -0.1) is 0 Å². The normalized spacial score (nSPS) is 12.8. The van der Waals surface area contributed by atoms with Crippen molar-refractivity contribution in [3.63, 3.8) is 0 Å². The zero-order chi connectivity index (χ0) is 21.9. The first-order valence-corrected chi connectivity index (χ1v) is 14.0. The van der Waals surface area contributed by atoms with Crippen LogP contribution in [0.4, 0.5) is 0 Å². The molecule has 0 fully saturated rings. The monoisotopic (exact) mass is 422 g/mol. The minimum absolute atomic E-state index is 0.0270. The molecule has 0 spiro atoms. The molecule has 0 saturated carbocycles. The predicted molar refractivity (Wildman–Crippen MR) is 123 cm³/mol. The molecule has 0 radical (unpaired) electrons. The van der Waals surface area contributed by atoms with Gasteiger partial charge < -0.3 is 13.9 Å². The predicted octanol–water partition coefficient (Wildman–Crippen LogP) is 6.68. The van der Waals surface area contributed by atoms with E-state index in [1.807, 2.05) is 12.1 Å². The molecule has 0 heterocycles. The molecule has 0 amide bonds. The Bertz CT molecular complexity index is 607. The average Bonchev–Trinajstić information content (AvgIpc) is 2.65. The van der Waals surface area contributed by atoms with Crippen LogP contribution in [0.25, 0.3) is 0 Å². The highest BCUT2D eigenvalue weighted by molar-refractivity contribution is 6.48. The minimum atomic E-state index is -1.40. The molecule has 4 nitrogen and oxygen atoms in total. The fourth-order valence-corrected chi connectivity index (χ4v) is 4.01. The molecule has 0 aliphatic carbocycles. The van der Waals surface area contributed by atoms with Crippen molar-refractivity contribution in [2.75, 3.05) is 7.11 Å². The second kappa shape index (κ2) is 13.1. The van der Waals surface area contributed by atoms with Crippen molar-refractivity contribution < 1.29 is 18.7 Å². The molecule has 1 aromatic rings. The van der Waals surface area contributed by atoms with Crippen LogP contribution in [0.2, 0.25) is 13.1 Å². The Morgan fingerprint density at radius 2 is 1.66 bits per heavy atom. The standard InChI is InChI=1S/C24H42O4Si/c1-8-9-10-11-12-13-14-15-22(25)27-23(28-29(6)7)19-16-17-20(24(2,3)4)21(18-19)26-5/h16-18,23,29H,8-15H2,1-7H3. The fraction of sp³-hybridized carbons (Fsp3) is 0.708. The number of carbonyl (C=O) groups is 1. The van der Waals surface area contributed by atoms with Crippen LogP contribution in [0.1, 0.15) is 96.5 Å². The van der Waals surface area contributed by atoms with Gasteiger partial charge in [-0.25, -0.2) is 0 Å². The topological polar surface area (TPSA) is 44.8 Å². The van der Waals surface area contributed by atoms with Crippen molar-refractivity contribution in [3.05, 3.63) is 29.3 Å². The zero-order valence-corrected chi connectivity index (χ0v) is 20.8. The van der Waals surface area contributed by atoms with Gasteiger partial charge in [-0.1, -0.05) is 78.4 Å². The molecule has 1 atom stereocenters. The molecule has 0 N–H and O–H groups in total. The highest BCUT2D eigenvalue weighted by atomic mass is 28.3. The molecule has 0 aromatic heterocycles. The van der Waals surface area contributed by atoms with Gasteiger partial charge in [-0.2, -0.15) is 0 Å². The molecule has 5 heteroatoms. The molecule has 166 valence electrons. The van der Waals surface area contributed by atoms with E-state index >= 15 is 0 Å². The molecule has 1 unspecified atom stereocenters. The summed E-state index contributed by atoms with van der Waals surface area (Å²) in [4.78, 5) is 12.4. The van der Waals surface area contributed by atoms with Crippen LogP contribution in [0, 0.1) is 0 Å². The maximum absolute atomic E-state index is 12.4. The van der Waals surface area contributed by atoms with Crippen LogP contribution < -0.4 is 4.74 Å². The van der Waals surface area contributed by atoms with Gasteiger partial charge in [-0.3, -0.25) is 4.79 Å². The minimum Gasteiger partial charge on any atom is -0.496 e. The van der Waals surface area contributed by atoms with Gasteiger partial charge >= 0.3 is 5.97 Å². The Morgan fingerprint density at radius 3 is 2.21 bits per heavy atom. The van der Waals surface area contributed by atoms with Gasteiger partial charge in [-0.05, 0) is 36.6 Å². The van der Waals surface area contributed by atoms with Crippen LogP contribution >= 0.6 is 0 Å². The molecule has 29 heavy (non-hydrogen) atoms. The Hall–Kier alpha value is -1.33. The largest absolute Gasteiger partial charge is 0.496 e. The third kappa shape index (κ3) is 9.81. The fourth-order valence-electron chi connectivity index (χ4n) is 3.30. The lowest BCUT2D eigenvalue weighted by atomic mass is 9.86. The number of hydrogen-bond donors (Lipinski definition) is 0. The van der Waals surface area contributed by atoms with E-state index in [9.17, 15) is 4.79 Å². The van der Waals surface area contributed by atoms with Gasteiger partial charge in [0, 0.05) is 12.0 Å². The highest BCUT2D eigenvalue weighted by Crippen LogP contribution is 2.34. The molecule has 1 rings (SSSR count). The van der Waals surface area contributed by atoms with Crippen molar-refractivity contribution in [1.29, 1.82) is 0 Å². The van der Waals surface area contributed by atoms with Crippen molar-refractivity contribution in [2.45, 2.75) is 104 Å². The number of ether oxygens (including phenoxy) is 2. The number of benzene rings is 1. The maximum Gasteiger partial charge on any atom is 0.308 e. The maximum atomic E-state index is 12.4. The Kier molecular flexibility index (Phi) is 11.6. The first kappa shape index (κ1) is 25.7. The van der Waals surface area contributed by atoms with Crippen LogP contribution in [0.3, 0.4) is 0 Å². The van der Waals surface area contributed by atoms with E-state index in [1.165, 1.54) is 32.1 Å². The summed E-state index contributed by atoms with van der Waals surface area (Å²) in [5.41, 5.74) is 1.93. The van der Waals surface area contributed by atoms with Gasteiger partial charge in [0.05, 0.1) is 7.11 Å². The summed E-state index contributed by atoms with van der Waals surface area (Å²) in [5.74, 6) is 0.620. The molecule has 0 bridgehead atoms. The SMILES string of the molecule is CCCCCCCCCC(=O)OC(O[SiH](C)C)c1ccc(C(C)(C)C)c(OC)c1. The third-order valence-electron chi connectivity index (χ3n) is 4.92. The van der Waals surface area contributed by atoms with Crippen molar-refractivity contribution in [1.82, 2.24) is 0 Å². The van der Waals surface area contributed by atoms with E-state index in [0.717, 1.165) is 29.7 Å². The second-order valence-corrected chi connectivity index (χ2v) is 11.5. The zero-order valence-electron chi connectivity index (χ0n) is 19.7. The van der Waals surface area contributed by atoms with Crippen molar-refractivity contribution >= 4 is 15.0 Å². The van der Waals surface area contributed by atoms with E-state index in [-0.39, 0.29) is 11.4 Å². The van der Waals surface area contributed by atoms with Crippen LogP contribution in [-0.4, -0.2) is 22.1 Å². The average molecular weight is 423 g/mol. The summed E-state index contributed by atoms with van der Waals surface area (Å²) in [6.45, 7) is 12.8. The number of hydrogen-bond acceptors (Lipinski definition) is 4. The molecular formula is C24H42O4Si. The quantitative estimate of drug-likeness (QED) is 0.154. The first-order chi connectivity index (χ1) is 13.7. The lowest BCUT2D eigenvalue weighted by Crippen LogP contribution is -2.20. The van der Waals surface area contributed by atoms with E-state index in [2.05, 4.69) is 46.9 Å². The van der Waals surface area contributed by atoms with E-state index < -0.39 is 15.3 Å².